The smallest absolute Gasteiger partial charge is 0.210 e. The van der Waals surface area contributed by atoms with Crippen LogP contribution >= 0.6 is 0 Å². The zero-order valence-corrected chi connectivity index (χ0v) is 10.4. The van der Waals surface area contributed by atoms with E-state index in [1.807, 2.05) is 18.2 Å². The zero-order valence-electron chi connectivity index (χ0n) is 10.4. The quantitative estimate of drug-likeness (QED) is 0.755. The van der Waals surface area contributed by atoms with Crippen molar-refractivity contribution in [3.05, 3.63) is 71.0 Å². The van der Waals surface area contributed by atoms with Crippen LogP contribution in [0.4, 0.5) is 4.39 Å². The molecule has 0 saturated carbocycles. The Morgan fingerprint density at radius 1 is 1.11 bits per heavy atom. The Morgan fingerprint density at radius 3 is 2.58 bits per heavy atom. The Bertz CT molecular complexity index is 594. The summed E-state index contributed by atoms with van der Waals surface area (Å²) in [7, 11) is 0. The van der Waals surface area contributed by atoms with Crippen LogP contribution in [0.1, 0.15) is 22.7 Å². The third-order valence-electron chi connectivity index (χ3n) is 3.64. The standard InChI is InChI=1S/C16H14FNO/c17-14-7-5-13(6-8-14)16-15-4-2-1-3-12(15)9-10-18(16)11-19/h1-8,11,16H,9-10H2/t16-/m0/s1. The van der Waals surface area contributed by atoms with E-state index in [1.54, 1.807) is 17.0 Å². The minimum atomic E-state index is -0.259. The second-order valence-corrected chi connectivity index (χ2v) is 4.75. The van der Waals surface area contributed by atoms with Crippen LogP contribution in [0.2, 0.25) is 0 Å². The molecule has 2 aromatic rings. The van der Waals surface area contributed by atoms with Crippen LogP contribution in [-0.4, -0.2) is 17.9 Å². The number of rotatable bonds is 2. The normalized spacial score (nSPS) is 17.9. The van der Waals surface area contributed by atoms with Crippen molar-refractivity contribution in [3.63, 3.8) is 0 Å². The highest BCUT2D eigenvalue weighted by Gasteiger charge is 2.27. The molecule has 2 aromatic carbocycles. The van der Waals surface area contributed by atoms with Gasteiger partial charge in [0.1, 0.15) is 5.82 Å². The third-order valence-corrected chi connectivity index (χ3v) is 3.64. The third kappa shape index (κ3) is 2.12. The summed E-state index contributed by atoms with van der Waals surface area (Å²) in [5.41, 5.74) is 3.34. The van der Waals surface area contributed by atoms with Gasteiger partial charge < -0.3 is 4.90 Å². The zero-order chi connectivity index (χ0) is 13.2. The maximum Gasteiger partial charge on any atom is 0.210 e. The van der Waals surface area contributed by atoms with E-state index in [2.05, 4.69) is 6.07 Å². The van der Waals surface area contributed by atoms with Crippen LogP contribution in [0, 0.1) is 5.82 Å². The monoisotopic (exact) mass is 255 g/mol. The minimum absolute atomic E-state index is 0.108. The van der Waals surface area contributed by atoms with Gasteiger partial charge in [-0.1, -0.05) is 36.4 Å². The number of fused-ring (bicyclic) bond motifs is 1. The van der Waals surface area contributed by atoms with E-state index in [4.69, 9.17) is 0 Å². The van der Waals surface area contributed by atoms with Crippen molar-refractivity contribution in [3.8, 4) is 0 Å². The van der Waals surface area contributed by atoms with Crippen LogP contribution in [0.5, 0.6) is 0 Å². The van der Waals surface area contributed by atoms with Crippen molar-refractivity contribution in [1.82, 2.24) is 4.90 Å². The number of halogens is 1. The van der Waals surface area contributed by atoms with E-state index in [0.29, 0.717) is 6.54 Å². The molecule has 0 bridgehead atoms. The Labute approximate surface area is 111 Å². The summed E-state index contributed by atoms with van der Waals surface area (Å²) in [5, 5.41) is 0. The molecule has 1 atom stereocenters. The molecule has 0 saturated heterocycles. The van der Waals surface area contributed by atoms with Crippen molar-refractivity contribution >= 4 is 6.41 Å². The maximum absolute atomic E-state index is 13.0. The molecule has 1 aliphatic rings. The molecule has 3 heteroatoms. The largest absolute Gasteiger partial charge is 0.334 e. The highest BCUT2D eigenvalue weighted by molar-refractivity contribution is 5.54. The van der Waals surface area contributed by atoms with Gasteiger partial charge in [0.2, 0.25) is 6.41 Å². The Morgan fingerprint density at radius 2 is 1.84 bits per heavy atom. The molecule has 96 valence electrons. The maximum atomic E-state index is 13.0. The van der Waals surface area contributed by atoms with Gasteiger partial charge in [-0.25, -0.2) is 4.39 Å². The predicted molar refractivity (Wildman–Crippen MR) is 71.2 cm³/mol. The van der Waals surface area contributed by atoms with Gasteiger partial charge in [0.05, 0.1) is 6.04 Å². The fraction of sp³-hybridized carbons (Fsp3) is 0.188. The average Bonchev–Trinajstić information content (AvgIpc) is 2.47. The molecule has 2 nitrogen and oxygen atoms in total. The van der Waals surface area contributed by atoms with Crippen molar-refractivity contribution < 1.29 is 9.18 Å². The number of carbonyl (C=O) groups is 1. The lowest BCUT2D eigenvalue weighted by molar-refractivity contribution is -0.119. The molecule has 0 spiro atoms. The second-order valence-electron chi connectivity index (χ2n) is 4.75. The van der Waals surface area contributed by atoms with Crippen LogP contribution in [-0.2, 0) is 11.2 Å². The molecule has 1 heterocycles. The van der Waals surface area contributed by atoms with Gasteiger partial charge in [0.25, 0.3) is 0 Å². The summed E-state index contributed by atoms with van der Waals surface area (Å²) in [5.74, 6) is -0.259. The molecule has 19 heavy (non-hydrogen) atoms. The molecule has 3 rings (SSSR count). The number of hydrogen-bond donors (Lipinski definition) is 0. The van der Waals surface area contributed by atoms with Crippen LogP contribution in [0.15, 0.2) is 48.5 Å². The van der Waals surface area contributed by atoms with E-state index in [0.717, 1.165) is 24.0 Å². The summed E-state index contributed by atoms with van der Waals surface area (Å²) < 4.78 is 13.0. The summed E-state index contributed by atoms with van der Waals surface area (Å²) in [6.45, 7) is 0.697. The highest BCUT2D eigenvalue weighted by atomic mass is 19.1. The number of hydrogen-bond acceptors (Lipinski definition) is 1. The molecular formula is C16H14FNO. The van der Waals surface area contributed by atoms with E-state index in [9.17, 15) is 9.18 Å². The molecule has 0 N–H and O–H groups in total. The van der Waals surface area contributed by atoms with Crippen molar-refractivity contribution in [2.45, 2.75) is 12.5 Å². The first-order chi connectivity index (χ1) is 9.29. The number of nitrogens with zero attached hydrogens (tertiary/aromatic N) is 1. The molecule has 1 amide bonds. The van der Waals surface area contributed by atoms with Crippen molar-refractivity contribution in [2.24, 2.45) is 0 Å². The van der Waals surface area contributed by atoms with E-state index >= 15 is 0 Å². The molecule has 0 aromatic heterocycles. The van der Waals surface area contributed by atoms with Crippen LogP contribution in [0.25, 0.3) is 0 Å². The number of carbonyl (C=O) groups excluding carboxylic acids is 1. The topological polar surface area (TPSA) is 20.3 Å². The van der Waals surface area contributed by atoms with Crippen molar-refractivity contribution in [1.29, 1.82) is 0 Å². The molecular weight excluding hydrogens is 241 g/mol. The van der Waals surface area contributed by atoms with E-state index in [-0.39, 0.29) is 11.9 Å². The van der Waals surface area contributed by atoms with Gasteiger partial charge >= 0.3 is 0 Å². The average molecular weight is 255 g/mol. The van der Waals surface area contributed by atoms with Gasteiger partial charge in [-0.05, 0) is 35.2 Å². The van der Waals surface area contributed by atoms with Crippen molar-refractivity contribution in [2.75, 3.05) is 6.54 Å². The van der Waals surface area contributed by atoms with Gasteiger partial charge in [-0.15, -0.1) is 0 Å². The van der Waals surface area contributed by atoms with Gasteiger partial charge in [-0.3, -0.25) is 4.79 Å². The number of amides is 1. The minimum Gasteiger partial charge on any atom is -0.334 e. The highest BCUT2D eigenvalue weighted by Crippen LogP contribution is 2.33. The molecule has 0 fully saturated rings. The first-order valence-corrected chi connectivity index (χ1v) is 6.34. The predicted octanol–water partition coefficient (Wildman–Crippen LogP) is 2.93. The lowest BCUT2D eigenvalue weighted by Crippen LogP contribution is -2.34. The molecule has 1 aliphatic heterocycles. The lowest BCUT2D eigenvalue weighted by Gasteiger charge is -2.35. The summed E-state index contributed by atoms with van der Waals surface area (Å²) in [6, 6.07) is 14.4. The summed E-state index contributed by atoms with van der Waals surface area (Å²) in [4.78, 5) is 13.0. The van der Waals surface area contributed by atoms with E-state index < -0.39 is 0 Å². The van der Waals surface area contributed by atoms with Gasteiger partial charge in [0, 0.05) is 6.54 Å². The Hall–Kier alpha value is -2.16. The molecule has 0 unspecified atom stereocenters. The first-order valence-electron chi connectivity index (χ1n) is 6.34. The lowest BCUT2D eigenvalue weighted by atomic mass is 9.88. The van der Waals surface area contributed by atoms with Gasteiger partial charge in [0.15, 0.2) is 0 Å². The SMILES string of the molecule is O=CN1CCc2ccccc2[C@@H]1c1ccc(F)cc1. The second kappa shape index (κ2) is 4.84. The van der Waals surface area contributed by atoms with Gasteiger partial charge in [-0.2, -0.15) is 0 Å². The number of benzene rings is 2. The van der Waals surface area contributed by atoms with E-state index in [1.165, 1.54) is 17.7 Å². The Kier molecular flexibility index (Phi) is 3.03. The fourth-order valence-corrected chi connectivity index (χ4v) is 2.72. The molecule has 0 aliphatic carbocycles. The summed E-state index contributed by atoms with van der Waals surface area (Å²) >= 11 is 0. The summed E-state index contributed by atoms with van der Waals surface area (Å²) in [6.07, 6.45) is 1.75. The molecule has 0 radical (unpaired) electrons. The van der Waals surface area contributed by atoms with Crippen LogP contribution < -0.4 is 0 Å². The Balaban J connectivity index is 2.10. The first kappa shape index (κ1) is 11.9. The fourth-order valence-electron chi connectivity index (χ4n) is 2.72. The van der Waals surface area contributed by atoms with Crippen LogP contribution in [0.3, 0.4) is 0 Å².